The first-order valence-electron chi connectivity index (χ1n) is 5.86. The number of hydrogen-bond acceptors (Lipinski definition) is 4. The third-order valence-electron chi connectivity index (χ3n) is 2.92. The second kappa shape index (κ2) is 6.67. The molecule has 2 aromatic rings. The lowest BCUT2D eigenvalue weighted by Gasteiger charge is -2.07. The van der Waals surface area contributed by atoms with Gasteiger partial charge in [0.25, 0.3) is 11.6 Å². The van der Waals surface area contributed by atoms with E-state index in [0.29, 0.717) is 10.4 Å². The van der Waals surface area contributed by atoms with Crippen molar-refractivity contribution >= 4 is 54.8 Å². The van der Waals surface area contributed by atoms with Crippen molar-refractivity contribution in [2.24, 2.45) is 0 Å². The average Bonchev–Trinajstić information content (AvgIpc) is 2.77. The van der Waals surface area contributed by atoms with Crippen molar-refractivity contribution < 1.29 is 9.72 Å². The largest absolute Gasteiger partial charge is 0.347 e. The van der Waals surface area contributed by atoms with E-state index >= 15 is 0 Å². The Kier molecular flexibility index (Phi) is 5.13. The van der Waals surface area contributed by atoms with Gasteiger partial charge in [0.1, 0.15) is 0 Å². The molecule has 1 heterocycles. The van der Waals surface area contributed by atoms with Crippen molar-refractivity contribution in [2.75, 3.05) is 0 Å². The molecule has 0 radical (unpaired) electrons. The van der Waals surface area contributed by atoms with Crippen molar-refractivity contribution in [3.8, 4) is 0 Å². The first-order valence-corrected chi connectivity index (χ1v) is 8.26. The Morgan fingerprint density at radius 2 is 2.14 bits per heavy atom. The van der Waals surface area contributed by atoms with E-state index in [2.05, 4.69) is 37.2 Å². The average molecular weight is 434 g/mol. The van der Waals surface area contributed by atoms with E-state index in [1.54, 1.807) is 25.1 Å². The summed E-state index contributed by atoms with van der Waals surface area (Å²) < 4.78 is 1.67. The number of rotatable bonds is 4. The third-order valence-corrected chi connectivity index (χ3v) is 6.18. The number of thiophene rings is 1. The van der Waals surface area contributed by atoms with Crippen molar-refractivity contribution in [3.63, 3.8) is 0 Å². The molecule has 0 spiro atoms. The van der Waals surface area contributed by atoms with Crippen LogP contribution in [0.1, 0.15) is 20.8 Å². The first-order chi connectivity index (χ1) is 9.90. The predicted molar refractivity (Wildman–Crippen MR) is 88.7 cm³/mol. The number of carbonyl (C=O) groups is 1. The topological polar surface area (TPSA) is 72.2 Å². The summed E-state index contributed by atoms with van der Waals surface area (Å²) >= 11 is 7.98. The van der Waals surface area contributed by atoms with Gasteiger partial charge in [0.2, 0.25) is 0 Å². The second-order valence-electron chi connectivity index (χ2n) is 4.23. The standard InChI is InChI=1S/C13H10Br2N2O3S/c1-7-8(3-2-4-10(7)17(19)20)6-16-13(18)11-5-9(14)12(15)21-11/h2-5H,6H2,1H3,(H,16,18). The summed E-state index contributed by atoms with van der Waals surface area (Å²) in [6.07, 6.45) is 0. The van der Waals surface area contributed by atoms with Crippen LogP contribution in [0.4, 0.5) is 5.69 Å². The Bertz CT molecular complexity index is 696. The zero-order chi connectivity index (χ0) is 15.6. The minimum Gasteiger partial charge on any atom is -0.347 e. The van der Waals surface area contributed by atoms with E-state index < -0.39 is 4.92 Å². The zero-order valence-electron chi connectivity index (χ0n) is 10.9. The smallest absolute Gasteiger partial charge is 0.272 e. The molecule has 1 N–H and O–H groups in total. The molecule has 0 aliphatic rings. The fraction of sp³-hybridized carbons (Fsp3) is 0.154. The van der Waals surface area contributed by atoms with Gasteiger partial charge in [-0.15, -0.1) is 11.3 Å². The Morgan fingerprint density at radius 3 is 2.71 bits per heavy atom. The molecule has 2 rings (SSSR count). The summed E-state index contributed by atoms with van der Waals surface area (Å²) in [6.45, 7) is 1.93. The number of hydrogen-bond donors (Lipinski definition) is 1. The number of benzene rings is 1. The lowest BCUT2D eigenvalue weighted by molar-refractivity contribution is -0.385. The molecule has 0 aliphatic carbocycles. The number of nitrogens with zero attached hydrogens (tertiary/aromatic N) is 1. The highest BCUT2D eigenvalue weighted by molar-refractivity contribution is 9.13. The maximum Gasteiger partial charge on any atom is 0.272 e. The lowest BCUT2D eigenvalue weighted by atomic mass is 10.1. The van der Waals surface area contributed by atoms with E-state index in [-0.39, 0.29) is 18.1 Å². The molecule has 0 bridgehead atoms. The molecule has 0 unspecified atom stereocenters. The van der Waals surface area contributed by atoms with Gasteiger partial charge in [0.05, 0.1) is 13.6 Å². The molecule has 21 heavy (non-hydrogen) atoms. The summed E-state index contributed by atoms with van der Waals surface area (Å²) in [6, 6.07) is 6.56. The predicted octanol–water partition coefficient (Wildman–Crippen LogP) is 4.42. The third kappa shape index (κ3) is 3.69. The number of nitro benzene ring substituents is 1. The van der Waals surface area contributed by atoms with Crippen LogP contribution in [-0.2, 0) is 6.54 Å². The zero-order valence-corrected chi connectivity index (χ0v) is 14.8. The van der Waals surface area contributed by atoms with Gasteiger partial charge in [-0.25, -0.2) is 0 Å². The van der Waals surface area contributed by atoms with E-state index in [9.17, 15) is 14.9 Å². The Morgan fingerprint density at radius 1 is 1.43 bits per heavy atom. The SMILES string of the molecule is Cc1c(CNC(=O)c2cc(Br)c(Br)s2)cccc1[N+](=O)[O-]. The number of halogens is 2. The van der Waals surface area contributed by atoms with Gasteiger partial charge >= 0.3 is 0 Å². The van der Waals surface area contributed by atoms with Crippen molar-refractivity contribution in [2.45, 2.75) is 13.5 Å². The summed E-state index contributed by atoms with van der Waals surface area (Å²) in [5.74, 6) is -0.211. The molecule has 1 aromatic carbocycles. The summed E-state index contributed by atoms with van der Waals surface area (Å²) in [5.41, 5.74) is 1.35. The van der Waals surface area contributed by atoms with Crippen LogP contribution < -0.4 is 5.32 Å². The van der Waals surface area contributed by atoms with Crippen molar-refractivity contribution in [1.82, 2.24) is 5.32 Å². The van der Waals surface area contributed by atoms with Crippen molar-refractivity contribution in [3.05, 3.63) is 58.6 Å². The summed E-state index contributed by atoms with van der Waals surface area (Å²) in [5, 5.41) is 13.7. The molecule has 1 aromatic heterocycles. The van der Waals surface area contributed by atoms with Gasteiger partial charge < -0.3 is 5.32 Å². The van der Waals surface area contributed by atoms with E-state index in [0.717, 1.165) is 13.8 Å². The van der Waals surface area contributed by atoms with Crippen LogP contribution in [0.2, 0.25) is 0 Å². The van der Waals surface area contributed by atoms with Crippen molar-refractivity contribution in [1.29, 1.82) is 0 Å². The van der Waals surface area contributed by atoms with Crippen LogP contribution in [0.15, 0.2) is 32.5 Å². The van der Waals surface area contributed by atoms with Gasteiger partial charge in [-0.3, -0.25) is 14.9 Å². The molecule has 5 nitrogen and oxygen atoms in total. The van der Waals surface area contributed by atoms with Crippen LogP contribution in [0.25, 0.3) is 0 Å². The molecule has 1 amide bonds. The van der Waals surface area contributed by atoms with Gasteiger partial charge in [0.15, 0.2) is 0 Å². The summed E-state index contributed by atoms with van der Waals surface area (Å²) in [7, 11) is 0. The molecule has 0 aliphatic heterocycles. The molecular weight excluding hydrogens is 424 g/mol. The normalized spacial score (nSPS) is 10.4. The maximum absolute atomic E-state index is 12.0. The van der Waals surface area contributed by atoms with Gasteiger partial charge in [0, 0.05) is 22.6 Å². The molecule has 110 valence electrons. The van der Waals surface area contributed by atoms with Crippen LogP contribution in [-0.4, -0.2) is 10.8 Å². The number of amides is 1. The fourth-order valence-electron chi connectivity index (χ4n) is 1.78. The van der Waals surface area contributed by atoms with Crippen LogP contribution in [0, 0.1) is 17.0 Å². The van der Waals surface area contributed by atoms with Crippen LogP contribution >= 0.6 is 43.2 Å². The molecule has 0 atom stereocenters. The Balaban J connectivity index is 2.11. The number of nitro groups is 1. The van der Waals surface area contributed by atoms with E-state index in [4.69, 9.17) is 0 Å². The second-order valence-corrected chi connectivity index (χ2v) is 7.46. The van der Waals surface area contributed by atoms with Gasteiger partial charge in [-0.1, -0.05) is 12.1 Å². The maximum atomic E-state index is 12.0. The fourth-order valence-corrected chi connectivity index (χ4v) is 3.73. The monoisotopic (exact) mass is 432 g/mol. The quantitative estimate of drug-likeness (QED) is 0.572. The van der Waals surface area contributed by atoms with Crippen LogP contribution in [0.5, 0.6) is 0 Å². The number of nitrogens with one attached hydrogen (secondary N) is 1. The van der Waals surface area contributed by atoms with Crippen LogP contribution in [0.3, 0.4) is 0 Å². The first kappa shape index (κ1) is 16.1. The van der Waals surface area contributed by atoms with Gasteiger partial charge in [-0.2, -0.15) is 0 Å². The molecule has 8 heteroatoms. The number of carbonyl (C=O) groups excluding carboxylic acids is 1. The Labute approximate surface area is 141 Å². The summed E-state index contributed by atoms with van der Waals surface area (Å²) in [4.78, 5) is 23.1. The Hall–Kier alpha value is -1.25. The molecular formula is C13H10Br2N2O3S. The minimum absolute atomic E-state index is 0.0587. The molecule has 0 saturated carbocycles. The molecule has 0 saturated heterocycles. The van der Waals surface area contributed by atoms with Gasteiger partial charge in [-0.05, 0) is 50.4 Å². The highest BCUT2D eigenvalue weighted by Gasteiger charge is 2.15. The highest BCUT2D eigenvalue weighted by Crippen LogP contribution is 2.32. The van der Waals surface area contributed by atoms with E-state index in [1.165, 1.54) is 17.4 Å². The highest BCUT2D eigenvalue weighted by atomic mass is 79.9. The minimum atomic E-state index is -0.422. The van der Waals surface area contributed by atoms with E-state index in [1.807, 2.05) is 0 Å². The lowest BCUT2D eigenvalue weighted by Crippen LogP contribution is -2.22. The molecule has 0 fully saturated rings.